The summed E-state index contributed by atoms with van der Waals surface area (Å²) in [5.74, 6) is -1.15. The van der Waals surface area contributed by atoms with Gasteiger partial charge < -0.3 is 10.4 Å². The van der Waals surface area contributed by atoms with Crippen molar-refractivity contribution in [3.8, 4) is 0 Å². The van der Waals surface area contributed by atoms with Crippen LogP contribution in [0.15, 0.2) is 18.5 Å². The number of amides is 1. The van der Waals surface area contributed by atoms with Crippen molar-refractivity contribution in [2.24, 2.45) is 5.92 Å². The van der Waals surface area contributed by atoms with Crippen LogP contribution in [-0.4, -0.2) is 22.0 Å². The second kappa shape index (κ2) is 5.62. The topological polar surface area (TPSA) is 79.3 Å². The van der Waals surface area contributed by atoms with Gasteiger partial charge in [0, 0.05) is 12.1 Å². The van der Waals surface area contributed by atoms with Crippen LogP contribution in [0.5, 0.6) is 0 Å². The maximum atomic E-state index is 12.0. The Labute approximate surface area is 105 Å². The summed E-state index contributed by atoms with van der Waals surface area (Å²) in [6, 6.07) is 1.39. The van der Waals surface area contributed by atoms with E-state index in [0.717, 1.165) is 25.7 Å². The maximum absolute atomic E-state index is 12.0. The van der Waals surface area contributed by atoms with E-state index in [1.54, 1.807) is 0 Å². The van der Waals surface area contributed by atoms with Gasteiger partial charge in [-0.25, -0.2) is 4.79 Å². The molecular formula is C13H16N2O3. The van der Waals surface area contributed by atoms with Crippen molar-refractivity contribution in [3.63, 3.8) is 0 Å². The zero-order valence-electron chi connectivity index (χ0n) is 10.1. The van der Waals surface area contributed by atoms with Gasteiger partial charge in [-0.05, 0) is 18.9 Å². The van der Waals surface area contributed by atoms with Crippen molar-refractivity contribution >= 4 is 17.6 Å². The van der Waals surface area contributed by atoms with Crippen LogP contribution < -0.4 is 5.32 Å². The highest BCUT2D eigenvalue weighted by Crippen LogP contribution is 2.25. The van der Waals surface area contributed by atoms with Crippen LogP contribution in [0.1, 0.15) is 42.5 Å². The van der Waals surface area contributed by atoms with Crippen molar-refractivity contribution < 1.29 is 14.7 Å². The Morgan fingerprint density at radius 2 is 2.00 bits per heavy atom. The number of carbonyl (C=O) groups is 2. The van der Waals surface area contributed by atoms with E-state index in [1.165, 1.54) is 24.9 Å². The highest BCUT2D eigenvalue weighted by atomic mass is 16.4. The predicted octanol–water partition coefficient (Wildman–Crippen LogP) is 2.30. The minimum atomic E-state index is -1.06. The molecule has 1 saturated carbocycles. The molecule has 5 heteroatoms. The molecule has 1 aromatic heterocycles. The molecule has 0 unspecified atom stereocenters. The average Bonchev–Trinajstić information content (AvgIpc) is 2.40. The molecule has 2 rings (SSSR count). The lowest BCUT2D eigenvalue weighted by Crippen LogP contribution is -2.25. The SMILES string of the molecule is O=C(O)c1ccncc1NC(=O)C1CCCCC1. The number of nitrogens with one attached hydrogen (secondary N) is 1. The minimum absolute atomic E-state index is 0.000557. The van der Waals surface area contributed by atoms with Crippen LogP contribution in [0, 0.1) is 5.92 Å². The lowest BCUT2D eigenvalue weighted by molar-refractivity contribution is -0.120. The van der Waals surface area contributed by atoms with Crippen LogP contribution in [0.3, 0.4) is 0 Å². The third kappa shape index (κ3) is 2.85. The van der Waals surface area contributed by atoms with Gasteiger partial charge in [-0.15, -0.1) is 0 Å². The van der Waals surface area contributed by atoms with Crippen molar-refractivity contribution in [1.82, 2.24) is 4.98 Å². The fourth-order valence-electron chi connectivity index (χ4n) is 2.28. The summed E-state index contributed by atoms with van der Waals surface area (Å²) in [7, 11) is 0. The third-order valence-electron chi connectivity index (χ3n) is 3.29. The molecule has 1 aromatic rings. The fraction of sp³-hybridized carbons (Fsp3) is 0.462. The summed E-state index contributed by atoms with van der Waals surface area (Å²) in [5.41, 5.74) is 0.356. The van der Waals surface area contributed by atoms with Gasteiger partial charge in [0.25, 0.3) is 0 Å². The number of nitrogens with zero attached hydrogens (tertiary/aromatic N) is 1. The van der Waals surface area contributed by atoms with Gasteiger partial charge in [0.05, 0.1) is 17.4 Å². The van der Waals surface area contributed by atoms with E-state index in [-0.39, 0.29) is 23.1 Å². The number of pyridine rings is 1. The first-order chi connectivity index (χ1) is 8.68. The second-order valence-corrected chi connectivity index (χ2v) is 4.55. The number of aromatic carboxylic acids is 1. The molecular weight excluding hydrogens is 232 g/mol. The highest BCUT2D eigenvalue weighted by Gasteiger charge is 2.22. The first-order valence-electron chi connectivity index (χ1n) is 6.16. The summed E-state index contributed by atoms with van der Waals surface area (Å²) >= 11 is 0. The second-order valence-electron chi connectivity index (χ2n) is 4.55. The molecule has 1 heterocycles. The molecule has 0 bridgehead atoms. The standard InChI is InChI=1S/C13H16N2O3/c16-12(9-4-2-1-3-5-9)15-11-8-14-7-6-10(11)13(17)18/h6-9H,1-5H2,(H,15,16)(H,17,18). The molecule has 0 radical (unpaired) electrons. The number of hydrogen-bond donors (Lipinski definition) is 2. The third-order valence-corrected chi connectivity index (χ3v) is 3.29. The molecule has 0 aliphatic heterocycles. The summed E-state index contributed by atoms with van der Waals surface area (Å²) in [4.78, 5) is 26.9. The van der Waals surface area contributed by atoms with Gasteiger partial charge in [0.2, 0.25) is 5.91 Å². The molecule has 0 aromatic carbocycles. The molecule has 5 nitrogen and oxygen atoms in total. The van der Waals surface area contributed by atoms with Crippen LogP contribution in [-0.2, 0) is 4.79 Å². The summed E-state index contributed by atoms with van der Waals surface area (Å²) < 4.78 is 0. The predicted molar refractivity (Wildman–Crippen MR) is 66.4 cm³/mol. The molecule has 0 spiro atoms. The van der Waals surface area contributed by atoms with Gasteiger partial charge >= 0.3 is 5.97 Å². The Kier molecular flexibility index (Phi) is 3.92. The zero-order valence-corrected chi connectivity index (χ0v) is 10.1. The van der Waals surface area contributed by atoms with Crippen LogP contribution in [0.4, 0.5) is 5.69 Å². The smallest absolute Gasteiger partial charge is 0.337 e. The minimum Gasteiger partial charge on any atom is -0.478 e. The molecule has 1 fully saturated rings. The largest absolute Gasteiger partial charge is 0.478 e. The normalized spacial score (nSPS) is 16.2. The number of rotatable bonds is 3. The van der Waals surface area contributed by atoms with E-state index >= 15 is 0 Å². The Morgan fingerprint density at radius 1 is 1.28 bits per heavy atom. The van der Waals surface area contributed by atoms with Crippen LogP contribution in [0.25, 0.3) is 0 Å². The van der Waals surface area contributed by atoms with Crippen molar-refractivity contribution in [2.75, 3.05) is 5.32 Å². The zero-order chi connectivity index (χ0) is 13.0. The Bertz CT molecular complexity index is 453. The van der Waals surface area contributed by atoms with E-state index in [4.69, 9.17) is 5.11 Å². The van der Waals surface area contributed by atoms with Gasteiger partial charge in [0.1, 0.15) is 0 Å². The van der Waals surface area contributed by atoms with Crippen LogP contribution in [0.2, 0.25) is 0 Å². The Hall–Kier alpha value is -1.91. The molecule has 18 heavy (non-hydrogen) atoms. The first kappa shape index (κ1) is 12.5. The quantitative estimate of drug-likeness (QED) is 0.860. The van der Waals surface area contributed by atoms with Gasteiger partial charge in [0.15, 0.2) is 0 Å². The van der Waals surface area contributed by atoms with Crippen molar-refractivity contribution in [2.45, 2.75) is 32.1 Å². The average molecular weight is 248 g/mol. The van der Waals surface area contributed by atoms with Gasteiger partial charge in [-0.3, -0.25) is 9.78 Å². The van der Waals surface area contributed by atoms with E-state index < -0.39 is 5.97 Å². The van der Waals surface area contributed by atoms with E-state index in [0.29, 0.717) is 0 Å². The Morgan fingerprint density at radius 3 is 2.67 bits per heavy atom. The highest BCUT2D eigenvalue weighted by molar-refractivity contribution is 6.00. The molecule has 0 saturated heterocycles. The number of carboxylic acid groups (broad SMARTS) is 1. The molecule has 2 N–H and O–H groups in total. The van der Waals surface area contributed by atoms with Gasteiger partial charge in [-0.2, -0.15) is 0 Å². The molecule has 0 atom stereocenters. The molecule has 96 valence electrons. The van der Waals surface area contributed by atoms with Gasteiger partial charge in [-0.1, -0.05) is 19.3 Å². The monoisotopic (exact) mass is 248 g/mol. The summed E-state index contributed by atoms with van der Waals surface area (Å²) in [5, 5.41) is 11.7. The first-order valence-corrected chi connectivity index (χ1v) is 6.16. The van der Waals surface area contributed by atoms with E-state index in [9.17, 15) is 9.59 Å². The number of carbonyl (C=O) groups excluding carboxylic acids is 1. The maximum Gasteiger partial charge on any atom is 0.337 e. The van der Waals surface area contributed by atoms with E-state index in [1.807, 2.05) is 0 Å². The molecule has 1 aliphatic rings. The summed E-state index contributed by atoms with van der Waals surface area (Å²) in [6.07, 6.45) is 7.86. The molecule has 1 amide bonds. The fourth-order valence-corrected chi connectivity index (χ4v) is 2.28. The number of hydrogen-bond acceptors (Lipinski definition) is 3. The van der Waals surface area contributed by atoms with Crippen LogP contribution >= 0.6 is 0 Å². The number of anilines is 1. The Balaban J connectivity index is 2.08. The van der Waals surface area contributed by atoms with Crippen molar-refractivity contribution in [1.29, 1.82) is 0 Å². The number of aromatic nitrogens is 1. The lowest BCUT2D eigenvalue weighted by atomic mass is 9.88. The van der Waals surface area contributed by atoms with Crippen molar-refractivity contribution in [3.05, 3.63) is 24.0 Å². The molecule has 1 aliphatic carbocycles. The number of carboxylic acids is 1. The van der Waals surface area contributed by atoms with E-state index in [2.05, 4.69) is 10.3 Å². The lowest BCUT2D eigenvalue weighted by Gasteiger charge is -2.21. The summed E-state index contributed by atoms with van der Waals surface area (Å²) in [6.45, 7) is 0.